The van der Waals surface area contributed by atoms with Crippen molar-refractivity contribution in [3.63, 3.8) is 0 Å². The first-order chi connectivity index (χ1) is 8.87. The van der Waals surface area contributed by atoms with Crippen LogP contribution in [0.2, 0.25) is 0 Å². The summed E-state index contributed by atoms with van der Waals surface area (Å²) in [5.74, 6) is 0. The quantitative estimate of drug-likeness (QED) is 0.871. The van der Waals surface area contributed by atoms with Gasteiger partial charge in [-0.2, -0.15) is 13.2 Å². The van der Waals surface area contributed by atoms with Gasteiger partial charge in [-0.1, -0.05) is 6.07 Å². The van der Waals surface area contributed by atoms with Gasteiger partial charge in [0.25, 0.3) is 0 Å². The molecule has 0 unspecified atom stereocenters. The summed E-state index contributed by atoms with van der Waals surface area (Å²) in [5.41, 5.74) is 7.78. The van der Waals surface area contributed by atoms with Crippen molar-refractivity contribution < 1.29 is 13.2 Å². The van der Waals surface area contributed by atoms with E-state index in [9.17, 15) is 13.2 Å². The molecule has 0 saturated heterocycles. The van der Waals surface area contributed by atoms with E-state index in [1.54, 1.807) is 24.4 Å². The topological polar surface area (TPSA) is 42.1 Å². The summed E-state index contributed by atoms with van der Waals surface area (Å²) in [6.07, 6.45) is -2.60. The molecule has 2 aromatic rings. The van der Waals surface area contributed by atoms with E-state index in [0.29, 0.717) is 11.2 Å². The lowest BCUT2D eigenvalue weighted by Crippen LogP contribution is -2.30. The summed E-state index contributed by atoms with van der Waals surface area (Å²) in [7, 11) is 1.43. The van der Waals surface area contributed by atoms with Crippen molar-refractivity contribution >= 4 is 16.6 Å². The normalized spacial score (nSPS) is 12.3. The molecule has 0 aliphatic carbocycles. The van der Waals surface area contributed by atoms with Crippen LogP contribution in [0, 0.1) is 0 Å². The second kappa shape index (κ2) is 5.05. The molecular weight excluding hydrogens is 255 g/mol. The number of alkyl halides is 3. The van der Waals surface area contributed by atoms with Crippen molar-refractivity contribution in [2.24, 2.45) is 0 Å². The minimum Gasteiger partial charge on any atom is -0.398 e. The van der Waals surface area contributed by atoms with Crippen LogP contribution in [0.3, 0.4) is 0 Å². The summed E-state index contributed by atoms with van der Waals surface area (Å²) in [5, 5.41) is 0.764. The summed E-state index contributed by atoms with van der Waals surface area (Å²) in [6, 6.07) is 6.98. The van der Waals surface area contributed by atoms with Crippen LogP contribution in [-0.2, 0) is 6.54 Å². The second-order valence-electron chi connectivity index (χ2n) is 4.50. The number of hydrogen-bond donors (Lipinski definition) is 1. The minimum absolute atomic E-state index is 0.174. The van der Waals surface area contributed by atoms with Crippen LogP contribution in [-0.4, -0.2) is 29.7 Å². The lowest BCUT2D eigenvalue weighted by molar-refractivity contribution is -0.143. The van der Waals surface area contributed by atoms with E-state index in [1.807, 2.05) is 6.07 Å². The van der Waals surface area contributed by atoms with Gasteiger partial charge < -0.3 is 5.73 Å². The first kappa shape index (κ1) is 13.6. The fourth-order valence-corrected chi connectivity index (χ4v) is 2.03. The molecule has 0 aliphatic rings. The van der Waals surface area contributed by atoms with E-state index in [-0.39, 0.29) is 6.54 Å². The number of rotatable bonds is 3. The first-order valence-electron chi connectivity index (χ1n) is 5.74. The van der Waals surface area contributed by atoms with Crippen molar-refractivity contribution in [3.8, 4) is 0 Å². The van der Waals surface area contributed by atoms with E-state index in [1.165, 1.54) is 11.9 Å². The van der Waals surface area contributed by atoms with Crippen LogP contribution in [0.1, 0.15) is 5.56 Å². The molecule has 0 radical (unpaired) electrons. The van der Waals surface area contributed by atoms with Crippen molar-refractivity contribution in [3.05, 3.63) is 36.0 Å². The molecule has 1 aromatic carbocycles. The molecule has 0 bridgehead atoms. The van der Waals surface area contributed by atoms with Crippen LogP contribution < -0.4 is 5.73 Å². The van der Waals surface area contributed by atoms with Gasteiger partial charge in [-0.3, -0.25) is 9.88 Å². The highest BCUT2D eigenvalue weighted by atomic mass is 19.4. The lowest BCUT2D eigenvalue weighted by atomic mass is 10.1. The monoisotopic (exact) mass is 269 g/mol. The zero-order valence-electron chi connectivity index (χ0n) is 10.4. The number of nitrogens with zero attached hydrogens (tertiary/aromatic N) is 2. The number of nitrogen functional groups attached to an aromatic ring is 1. The number of aromatic nitrogens is 1. The molecular formula is C13H14F3N3. The number of nitrogens with two attached hydrogens (primary N) is 1. The van der Waals surface area contributed by atoms with Gasteiger partial charge in [0.05, 0.1) is 12.1 Å². The molecule has 2 N–H and O–H groups in total. The third kappa shape index (κ3) is 3.35. The van der Waals surface area contributed by atoms with E-state index in [2.05, 4.69) is 4.98 Å². The standard InChI is InChI=1S/C13H14F3N3/c1-19(8-13(14,15)16)7-9-4-5-11(17)10-3-2-6-18-12(9)10/h2-6H,7-8,17H2,1H3. The predicted octanol–water partition coefficient (Wildman–Crippen LogP) is 2.81. The smallest absolute Gasteiger partial charge is 0.398 e. The second-order valence-corrected chi connectivity index (χ2v) is 4.50. The maximum Gasteiger partial charge on any atom is 0.401 e. The van der Waals surface area contributed by atoms with Crippen molar-refractivity contribution in [2.45, 2.75) is 12.7 Å². The van der Waals surface area contributed by atoms with Gasteiger partial charge in [0, 0.05) is 23.8 Å². The molecule has 0 fully saturated rings. The average molecular weight is 269 g/mol. The third-order valence-electron chi connectivity index (χ3n) is 2.78. The van der Waals surface area contributed by atoms with Gasteiger partial charge in [-0.15, -0.1) is 0 Å². The Morgan fingerprint density at radius 2 is 2.00 bits per heavy atom. The molecule has 1 aromatic heterocycles. The van der Waals surface area contributed by atoms with Gasteiger partial charge in [-0.25, -0.2) is 0 Å². The van der Waals surface area contributed by atoms with E-state index < -0.39 is 12.7 Å². The SMILES string of the molecule is CN(Cc1ccc(N)c2cccnc12)CC(F)(F)F. The Morgan fingerprint density at radius 1 is 1.26 bits per heavy atom. The molecule has 6 heteroatoms. The van der Waals surface area contributed by atoms with E-state index >= 15 is 0 Å². The third-order valence-corrected chi connectivity index (χ3v) is 2.78. The molecule has 3 nitrogen and oxygen atoms in total. The minimum atomic E-state index is -4.20. The van der Waals surface area contributed by atoms with Crippen LogP contribution in [0.4, 0.5) is 18.9 Å². The number of benzene rings is 1. The van der Waals surface area contributed by atoms with Gasteiger partial charge in [-0.05, 0) is 30.8 Å². The summed E-state index contributed by atoms with van der Waals surface area (Å²) < 4.78 is 36.9. The van der Waals surface area contributed by atoms with Crippen LogP contribution in [0.5, 0.6) is 0 Å². The zero-order valence-corrected chi connectivity index (χ0v) is 10.4. The maximum atomic E-state index is 12.3. The molecule has 0 spiro atoms. The highest BCUT2D eigenvalue weighted by molar-refractivity contribution is 5.92. The van der Waals surface area contributed by atoms with Gasteiger partial charge in [0.2, 0.25) is 0 Å². The van der Waals surface area contributed by atoms with Crippen LogP contribution in [0.25, 0.3) is 10.9 Å². The number of anilines is 1. The van der Waals surface area contributed by atoms with Crippen molar-refractivity contribution in [1.82, 2.24) is 9.88 Å². The van der Waals surface area contributed by atoms with Gasteiger partial charge in [0.15, 0.2) is 0 Å². The van der Waals surface area contributed by atoms with E-state index in [0.717, 1.165) is 10.9 Å². The largest absolute Gasteiger partial charge is 0.401 e. The molecule has 0 saturated carbocycles. The molecule has 19 heavy (non-hydrogen) atoms. The Balaban J connectivity index is 2.29. The Morgan fingerprint density at radius 3 is 2.68 bits per heavy atom. The molecule has 0 aliphatic heterocycles. The summed E-state index contributed by atoms with van der Waals surface area (Å²) >= 11 is 0. The van der Waals surface area contributed by atoms with Crippen molar-refractivity contribution in [2.75, 3.05) is 19.3 Å². The van der Waals surface area contributed by atoms with E-state index in [4.69, 9.17) is 5.73 Å². The molecule has 2 rings (SSSR count). The summed E-state index contributed by atoms with van der Waals surface area (Å²) in [4.78, 5) is 5.41. The number of hydrogen-bond acceptors (Lipinski definition) is 3. The lowest BCUT2D eigenvalue weighted by Gasteiger charge is -2.19. The number of halogens is 3. The van der Waals surface area contributed by atoms with Crippen molar-refractivity contribution in [1.29, 1.82) is 0 Å². The number of pyridine rings is 1. The average Bonchev–Trinajstić information content (AvgIpc) is 2.31. The van der Waals surface area contributed by atoms with Gasteiger partial charge >= 0.3 is 6.18 Å². The maximum absolute atomic E-state index is 12.3. The number of fused-ring (bicyclic) bond motifs is 1. The highest BCUT2D eigenvalue weighted by Gasteiger charge is 2.29. The summed E-state index contributed by atoms with van der Waals surface area (Å²) in [6.45, 7) is -0.779. The zero-order chi connectivity index (χ0) is 14.0. The fourth-order valence-electron chi connectivity index (χ4n) is 2.03. The molecule has 0 atom stereocenters. The van der Waals surface area contributed by atoms with Crippen LogP contribution in [0.15, 0.2) is 30.5 Å². The Hall–Kier alpha value is -1.82. The fraction of sp³-hybridized carbons (Fsp3) is 0.308. The molecule has 102 valence electrons. The van der Waals surface area contributed by atoms with Crippen LogP contribution >= 0.6 is 0 Å². The Kier molecular flexibility index (Phi) is 3.61. The van der Waals surface area contributed by atoms with Gasteiger partial charge in [0.1, 0.15) is 0 Å². The highest BCUT2D eigenvalue weighted by Crippen LogP contribution is 2.24. The Labute approximate surface area is 108 Å². The molecule has 0 amide bonds. The molecule has 1 heterocycles. The first-order valence-corrected chi connectivity index (χ1v) is 5.74. The predicted molar refractivity (Wildman–Crippen MR) is 68.5 cm³/mol. The Bertz CT molecular complexity index is 581.